The Kier molecular flexibility index (Phi) is 14.1. The van der Waals surface area contributed by atoms with Gasteiger partial charge < -0.3 is 9.84 Å². The first-order valence-corrected chi connectivity index (χ1v) is 11.1. The molecule has 1 heterocycles. The molecule has 0 spiro atoms. The SMILES string of the molecule is CCCCCCCCCCCCCCCCC(CCC1CO1)C(=O)O. The summed E-state index contributed by atoms with van der Waals surface area (Å²) in [4.78, 5) is 11.3. The first kappa shape index (κ1) is 22.5. The summed E-state index contributed by atoms with van der Waals surface area (Å²) in [5, 5.41) is 9.27. The number of ether oxygens (including phenoxy) is 1. The van der Waals surface area contributed by atoms with Crippen molar-refractivity contribution in [3.63, 3.8) is 0 Å². The van der Waals surface area contributed by atoms with Crippen molar-refractivity contribution in [1.82, 2.24) is 0 Å². The molecule has 1 fully saturated rings. The Balaban J connectivity index is 1.79. The van der Waals surface area contributed by atoms with Crippen LogP contribution in [0.5, 0.6) is 0 Å². The van der Waals surface area contributed by atoms with Crippen LogP contribution in [-0.2, 0) is 9.53 Å². The minimum absolute atomic E-state index is 0.151. The van der Waals surface area contributed by atoms with Gasteiger partial charge >= 0.3 is 5.97 Å². The summed E-state index contributed by atoms with van der Waals surface area (Å²) >= 11 is 0. The van der Waals surface area contributed by atoms with E-state index in [9.17, 15) is 9.90 Å². The highest BCUT2D eigenvalue weighted by atomic mass is 16.6. The number of hydrogen-bond acceptors (Lipinski definition) is 2. The minimum atomic E-state index is -0.615. The average Bonchev–Trinajstić information content (AvgIpc) is 3.41. The molecule has 2 atom stereocenters. The second kappa shape index (κ2) is 15.7. The highest BCUT2D eigenvalue weighted by molar-refractivity contribution is 5.69. The molecule has 0 bridgehead atoms. The number of epoxide rings is 1. The quantitative estimate of drug-likeness (QED) is 0.206. The molecule has 1 rings (SSSR count). The van der Waals surface area contributed by atoms with Crippen LogP contribution >= 0.6 is 0 Å². The first-order chi connectivity index (χ1) is 12.2. The Bertz CT molecular complexity index is 312. The van der Waals surface area contributed by atoms with Crippen molar-refractivity contribution in [3.8, 4) is 0 Å². The van der Waals surface area contributed by atoms with E-state index in [1.54, 1.807) is 0 Å². The van der Waals surface area contributed by atoms with E-state index in [1.807, 2.05) is 0 Å². The average molecular weight is 355 g/mol. The Labute approximate surface area is 155 Å². The molecule has 1 aliphatic rings. The zero-order valence-electron chi connectivity index (χ0n) is 16.6. The largest absolute Gasteiger partial charge is 0.481 e. The lowest BCUT2D eigenvalue weighted by atomic mass is 9.95. The van der Waals surface area contributed by atoms with Gasteiger partial charge in [-0.3, -0.25) is 4.79 Å². The van der Waals surface area contributed by atoms with Gasteiger partial charge in [-0.25, -0.2) is 0 Å². The predicted molar refractivity (Wildman–Crippen MR) is 105 cm³/mol. The van der Waals surface area contributed by atoms with Gasteiger partial charge in [-0.15, -0.1) is 0 Å². The number of rotatable bonds is 19. The van der Waals surface area contributed by atoms with Crippen LogP contribution < -0.4 is 0 Å². The van der Waals surface area contributed by atoms with E-state index < -0.39 is 5.97 Å². The zero-order chi connectivity index (χ0) is 18.2. The number of carboxylic acid groups (broad SMARTS) is 1. The van der Waals surface area contributed by atoms with Crippen molar-refractivity contribution < 1.29 is 14.6 Å². The molecule has 25 heavy (non-hydrogen) atoms. The highest BCUT2D eigenvalue weighted by Crippen LogP contribution is 2.23. The molecule has 1 aliphatic heterocycles. The van der Waals surface area contributed by atoms with Crippen LogP contribution in [0.2, 0.25) is 0 Å². The van der Waals surface area contributed by atoms with Crippen LogP contribution in [0.4, 0.5) is 0 Å². The Hall–Kier alpha value is -0.570. The fraction of sp³-hybridized carbons (Fsp3) is 0.955. The third kappa shape index (κ3) is 14.3. The van der Waals surface area contributed by atoms with Crippen LogP contribution in [0.3, 0.4) is 0 Å². The van der Waals surface area contributed by atoms with E-state index >= 15 is 0 Å². The maximum absolute atomic E-state index is 11.3. The van der Waals surface area contributed by atoms with Crippen molar-refractivity contribution in [2.24, 2.45) is 5.92 Å². The van der Waals surface area contributed by atoms with Gasteiger partial charge in [0.1, 0.15) is 0 Å². The third-order valence-electron chi connectivity index (χ3n) is 5.49. The molecule has 0 aromatic rings. The maximum Gasteiger partial charge on any atom is 0.306 e. The molecule has 3 nitrogen and oxygen atoms in total. The van der Waals surface area contributed by atoms with Gasteiger partial charge in [-0.1, -0.05) is 96.8 Å². The lowest BCUT2D eigenvalue weighted by Crippen LogP contribution is -2.14. The lowest BCUT2D eigenvalue weighted by molar-refractivity contribution is -0.142. The molecular formula is C22H42O3. The first-order valence-electron chi connectivity index (χ1n) is 11.1. The van der Waals surface area contributed by atoms with Gasteiger partial charge in [0.2, 0.25) is 0 Å². The summed E-state index contributed by atoms with van der Waals surface area (Å²) in [6, 6.07) is 0. The number of aliphatic carboxylic acids is 1. The molecule has 3 heteroatoms. The van der Waals surface area contributed by atoms with Gasteiger partial charge in [0, 0.05) is 0 Å². The number of carboxylic acids is 1. The fourth-order valence-corrected chi connectivity index (χ4v) is 3.60. The summed E-state index contributed by atoms with van der Waals surface area (Å²) in [6.45, 7) is 3.11. The summed E-state index contributed by atoms with van der Waals surface area (Å²) in [6.07, 6.45) is 21.8. The maximum atomic E-state index is 11.3. The molecular weight excluding hydrogens is 312 g/mol. The van der Waals surface area contributed by atoms with Crippen molar-refractivity contribution >= 4 is 5.97 Å². The Morgan fingerprint density at radius 3 is 1.68 bits per heavy atom. The van der Waals surface area contributed by atoms with Crippen LogP contribution in [0.1, 0.15) is 116 Å². The highest BCUT2D eigenvalue weighted by Gasteiger charge is 2.25. The molecule has 0 saturated carbocycles. The Morgan fingerprint density at radius 2 is 1.28 bits per heavy atom. The van der Waals surface area contributed by atoms with Gasteiger partial charge in [-0.05, 0) is 19.3 Å². The molecule has 0 aromatic carbocycles. The molecule has 2 unspecified atom stereocenters. The van der Waals surface area contributed by atoms with Crippen LogP contribution in [0, 0.1) is 5.92 Å². The van der Waals surface area contributed by atoms with E-state index in [0.29, 0.717) is 6.10 Å². The second-order valence-corrected chi connectivity index (χ2v) is 7.95. The van der Waals surface area contributed by atoms with E-state index in [2.05, 4.69) is 6.92 Å². The summed E-state index contributed by atoms with van der Waals surface area (Å²) in [7, 11) is 0. The van der Waals surface area contributed by atoms with Gasteiger partial charge in [0.15, 0.2) is 0 Å². The lowest BCUT2D eigenvalue weighted by Gasteiger charge is -2.11. The minimum Gasteiger partial charge on any atom is -0.481 e. The molecule has 1 saturated heterocycles. The Morgan fingerprint density at radius 1 is 0.840 bits per heavy atom. The van der Waals surface area contributed by atoms with Gasteiger partial charge in [0.25, 0.3) is 0 Å². The fourth-order valence-electron chi connectivity index (χ4n) is 3.60. The van der Waals surface area contributed by atoms with Crippen LogP contribution in [0.25, 0.3) is 0 Å². The summed E-state index contributed by atoms with van der Waals surface area (Å²) in [5.41, 5.74) is 0. The van der Waals surface area contributed by atoms with Crippen molar-refractivity contribution in [2.45, 2.75) is 122 Å². The van der Waals surface area contributed by atoms with E-state index in [1.165, 1.54) is 83.5 Å². The molecule has 0 radical (unpaired) electrons. The zero-order valence-corrected chi connectivity index (χ0v) is 16.6. The molecule has 1 N–H and O–H groups in total. The monoisotopic (exact) mass is 354 g/mol. The van der Waals surface area contributed by atoms with Crippen molar-refractivity contribution in [1.29, 1.82) is 0 Å². The van der Waals surface area contributed by atoms with Crippen molar-refractivity contribution in [2.75, 3.05) is 6.61 Å². The number of hydrogen-bond donors (Lipinski definition) is 1. The van der Waals surface area contributed by atoms with E-state index in [-0.39, 0.29) is 5.92 Å². The topological polar surface area (TPSA) is 49.8 Å². The van der Waals surface area contributed by atoms with Gasteiger partial charge in [-0.2, -0.15) is 0 Å². The summed E-state index contributed by atoms with van der Waals surface area (Å²) < 4.78 is 5.17. The van der Waals surface area contributed by atoms with E-state index in [0.717, 1.165) is 32.3 Å². The standard InChI is InChI=1S/C22H42O3/c1-2-3-4-5-6-7-8-9-10-11-12-13-14-15-16-20(22(23)24)17-18-21-19-25-21/h20-21H,2-19H2,1H3,(H,23,24). The van der Waals surface area contributed by atoms with Crippen LogP contribution in [-0.4, -0.2) is 23.8 Å². The smallest absolute Gasteiger partial charge is 0.306 e. The number of carbonyl (C=O) groups is 1. The van der Waals surface area contributed by atoms with E-state index in [4.69, 9.17) is 4.74 Å². The van der Waals surface area contributed by atoms with Crippen LogP contribution in [0.15, 0.2) is 0 Å². The number of unbranched alkanes of at least 4 members (excludes halogenated alkanes) is 13. The molecule has 0 aromatic heterocycles. The molecule has 0 amide bonds. The predicted octanol–water partition coefficient (Wildman–Crippen LogP) is 6.74. The van der Waals surface area contributed by atoms with Gasteiger partial charge in [0.05, 0.1) is 18.6 Å². The summed E-state index contributed by atoms with van der Waals surface area (Å²) in [5.74, 6) is -0.767. The normalized spacial score (nSPS) is 17.6. The molecule has 0 aliphatic carbocycles. The molecule has 148 valence electrons. The third-order valence-corrected chi connectivity index (χ3v) is 5.49. The van der Waals surface area contributed by atoms with Crippen molar-refractivity contribution in [3.05, 3.63) is 0 Å². The second-order valence-electron chi connectivity index (χ2n) is 7.95.